The highest BCUT2D eigenvalue weighted by molar-refractivity contribution is 7.89. The highest BCUT2D eigenvalue weighted by atomic mass is 35.5. The normalized spacial score (nSPS) is 15.5. The average Bonchev–Trinajstić information content (AvgIpc) is 3.25. The molecular formula is C26H23Cl2N3O3S. The van der Waals surface area contributed by atoms with Crippen molar-refractivity contribution in [1.29, 1.82) is 0 Å². The van der Waals surface area contributed by atoms with Gasteiger partial charge in [0.1, 0.15) is 0 Å². The fourth-order valence-electron chi connectivity index (χ4n) is 4.77. The predicted molar refractivity (Wildman–Crippen MR) is 140 cm³/mol. The second-order valence-corrected chi connectivity index (χ2v) is 11.4. The number of benzene rings is 3. The van der Waals surface area contributed by atoms with Gasteiger partial charge in [0.15, 0.2) is 0 Å². The fraction of sp³-hybridized carbons (Fsp3) is 0.192. The maximum absolute atomic E-state index is 13.2. The number of amides is 1. The summed E-state index contributed by atoms with van der Waals surface area (Å²) in [6.07, 6.45) is 3.04. The Labute approximate surface area is 213 Å². The van der Waals surface area contributed by atoms with Gasteiger partial charge < -0.3 is 5.73 Å². The van der Waals surface area contributed by atoms with Crippen molar-refractivity contribution in [2.75, 3.05) is 13.1 Å². The van der Waals surface area contributed by atoms with E-state index in [0.29, 0.717) is 31.0 Å². The van der Waals surface area contributed by atoms with Gasteiger partial charge in [0.2, 0.25) is 10.0 Å². The SMILES string of the molecule is NC(=O)n1cc(C2CCN(S(=O)(=O)c3ccc(Cl)c(Cl)c3)CC2)c2cc(-c3ccccc3)ccc21. The van der Waals surface area contributed by atoms with E-state index in [4.69, 9.17) is 28.9 Å². The number of nitrogens with two attached hydrogens (primary N) is 1. The molecule has 0 aliphatic carbocycles. The van der Waals surface area contributed by atoms with Crippen molar-refractivity contribution in [3.8, 4) is 11.1 Å². The zero-order valence-corrected chi connectivity index (χ0v) is 21.0. The molecular weight excluding hydrogens is 505 g/mol. The van der Waals surface area contributed by atoms with Crippen LogP contribution in [-0.2, 0) is 10.0 Å². The highest BCUT2D eigenvalue weighted by Crippen LogP contribution is 2.38. The third-order valence-electron chi connectivity index (χ3n) is 6.60. The number of fused-ring (bicyclic) bond motifs is 1. The van der Waals surface area contributed by atoms with Crippen molar-refractivity contribution in [1.82, 2.24) is 8.87 Å². The summed E-state index contributed by atoms with van der Waals surface area (Å²) in [5.41, 5.74) is 9.53. The molecule has 1 aliphatic rings. The van der Waals surface area contributed by atoms with Gasteiger partial charge in [-0.15, -0.1) is 0 Å². The van der Waals surface area contributed by atoms with Crippen molar-refractivity contribution < 1.29 is 13.2 Å². The van der Waals surface area contributed by atoms with Crippen molar-refractivity contribution in [2.24, 2.45) is 5.73 Å². The lowest BCUT2D eigenvalue weighted by molar-refractivity contribution is 0.251. The van der Waals surface area contributed by atoms with Crippen LogP contribution in [0.5, 0.6) is 0 Å². The maximum atomic E-state index is 13.2. The minimum atomic E-state index is -3.69. The Balaban J connectivity index is 1.45. The second kappa shape index (κ2) is 9.32. The van der Waals surface area contributed by atoms with Gasteiger partial charge >= 0.3 is 6.03 Å². The van der Waals surface area contributed by atoms with E-state index in [1.165, 1.54) is 27.1 Å². The highest BCUT2D eigenvalue weighted by Gasteiger charge is 2.31. The van der Waals surface area contributed by atoms with Crippen LogP contribution in [0.3, 0.4) is 0 Å². The summed E-state index contributed by atoms with van der Waals surface area (Å²) < 4.78 is 29.3. The standard InChI is InChI=1S/C26H23Cl2N3O3S/c27-23-8-7-20(15-24(23)28)35(33,34)30-12-10-18(11-13-30)22-16-31(26(29)32)25-9-6-19(14-21(22)25)17-4-2-1-3-5-17/h1-9,14-16,18H,10-13H2,(H2,29,32). The van der Waals surface area contributed by atoms with E-state index in [-0.39, 0.29) is 15.8 Å². The fourth-order valence-corrected chi connectivity index (χ4v) is 6.63. The summed E-state index contributed by atoms with van der Waals surface area (Å²) in [6, 6.07) is 19.8. The molecule has 0 atom stereocenters. The number of sulfonamides is 1. The zero-order valence-electron chi connectivity index (χ0n) is 18.7. The Bertz CT molecular complexity index is 1530. The first-order chi connectivity index (χ1) is 16.8. The Kier molecular flexibility index (Phi) is 6.36. The van der Waals surface area contributed by atoms with Crippen molar-refractivity contribution in [3.05, 3.63) is 88.5 Å². The zero-order chi connectivity index (χ0) is 24.7. The van der Waals surface area contributed by atoms with Crippen LogP contribution in [-0.4, -0.2) is 36.4 Å². The molecule has 0 radical (unpaired) electrons. The van der Waals surface area contributed by atoms with E-state index >= 15 is 0 Å². The molecule has 1 fully saturated rings. The minimum absolute atomic E-state index is 0.0874. The third kappa shape index (κ3) is 4.45. The second-order valence-electron chi connectivity index (χ2n) is 8.64. The van der Waals surface area contributed by atoms with Gasteiger partial charge in [0.05, 0.1) is 20.5 Å². The lowest BCUT2D eigenvalue weighted by atomic mass is 9.89. The summed E-state index contributed by atoms with van der Waals surface area (Å²) in [7, 11) is -3.69. The van der Waals surface area contributed by atoms with Crippen LogP contribution in [0.4, 0.5) is 4.79 Å². The average molecular weight is 528 g/mol. The summed E-state index contributed by atoms with van der Waals surface area (Å²) in [6.45, 7) is 0.712. The minimum Gasteiger partial charge on any atom is -0.351 e. The molecule has 1 aliphatic heterocycles. The molecule has 3 aromatic carbocycles. The molecule has 4 aromatic rings. The first kappa shape index (κ1) is 23.9. The predicted octanol–water partition coefficient (Wildman–Crippen LogP) is 6.11. The van der Waals surface area contributed by atoms with Gasteiger partial charge in [-0.2, -0.15) is 4.31 Å². The third-order valence-corrected chi connectivity index (χ3v) is 9.24. The monoisotopic (exact) mass is 527 g/mol. The van der Waals surface area contributed by atoms with Crippen LogP contribution in [0, 0.1) is 0 Å². The van der Waals surface area contributed by atoms with Crippen LogP contribution >= 0.6 is 23.2 Å². The number of carbonyl (C=O) groups is 1. The maximum Gasteiger partial charge on any atom is 0.323 e. The molecule has 180 valence electrons. The molecule has 0 bridgehead atoms. The number of nitrogens with zero attached hydrogens (tertiary/aromatic N) is 2. The molecule has 5 rings (SSSR count). The smallest absolute Gasteiger partial charge is 0.323 e. The molecule has 35 heavy (non-hydrogen) atoms. The van der Waals surface area contributed by atoms with E-state index in [0.717, 1.165) is 27.6 Å². The van der Waals surface area contributed by atoms with Crippen LogP contribution < -0.4 is 5.73 Å². The number of rotatable bonds is 4. The van der Waals surface area contributed by atoms with Gasteiger partial charge in [-0.25, -0.2) is 13.2 Å². The van der Waals surface area contributed by atoms with Crippen molar-refractivity contribution in [3.63, 3.8) is 0 Å². The first-order valence-electron chi connectivity index (χ1n) is 11.2. The number of hydrogen-bond donors (Lipinski definition) is 1. The number of aromatic nitrogens is 1. The molecule has 2 heterocycles. The molecule has 9 heteroatoms. The van der Waals surface area contributed by atoms with Crippen LogP contribution in [0.1, 0.15) is 24.3 Å². The van der Waals surface area contributed by atoms with Gasteiger partial charge in [-0.05, 0) is 65.8 Å². The molecule has 0 saturated carbocycles. The van der Waals surface area contributed by atoms with Crippen LogP contribution in [0.2, 0.25) is 10.0 Å². The molecule has 1 saturated heterocycles. The van der Waals surface area contributed by atoms with E-state index in [2.05, 4.69) is 6.07 Å². The van der Waals surface area contributed by atoms with Crippen LogP contribution in [0.15, 0.2) is 77.8 Å². The summed E-state index contributed by atoms with van der Waals surface area (Å²) in [5, 5.41) is 1.47. The van der Waals surface area contributed by atoms with E-state index in [9.17, 15) is 13.2 Å². The van der Waals surface area contributed by atoms with Gasteiger partial charge in [0.25, 0.3) is 0 Å². The first-order valence-corrected chi connectivity index (χ1v) is 13.4. The summed E-state index contributed by atoms with van der Waals surface area (Å²) >= 11 is 12.0. The number of hydrogen-bond acceptors (Lipinski definition) is 3. The van der Waals surface area contributed by atoms with Gasteiger partial charge in [-0.1, -0.05) is 59.6 Å². The lowest BCUT2D eigenvalue weighted by Crippen LogP contribution is -2.37. The van der Waals surface area contributed by atoms with E-state index in [1.54, 1.807) is 6.20 Å². The Morgan fingerprint density at radius 3 is 2.26 bits per heavy atom. The Hall–Kier alpha value is -2.84. The van der Waals surface area contributed by atoms with Crippen LogP contribution in [0.25, 0.3) is 22.0 Å². The van der Waals surface area contributed by atoms with E-state index in [1.807, 2.05) is 42.5 Å². The number of carbonyl (C=O) groups excluding carboxylic acids is 1. The molecule has 1 amide bonds. The Morgan fingerprint density at radius 1 is 0.886 bits per heavy atom. The topological polar surface area (TPSA) is 85.4 Å². The van der Waals surface area contributed by atoms with Crippen molar-refractivity contribution in [2.45, 2.75) is 23.7 Å². The number of halogens is 2. The lowest BCUT2D eigenvalue weighted by Gasteiger charge is -2.31. The summed E-state index contributed by atoms with van der Waals surface area (Å²) in [4.78, 5) is 12.3. The quantitative estimate of drug-likeness (QED) is 0.347. The Morgan fingerprint density at radius 2 is 1.60 bits per heavy atom. The molecule has 0 unspecified atom stereocenters. The largest absolute Gasteiger partial charge is 0.351 e. The van der Waals surface area contributed by atoms with Gasteiger partial charge in [0, 0.05) is 24.7 Å². The summed E-state index contributed by atoms with van der Waals surface area (Å²) in [5.74, 6) is 0.0874. The molecule has 2 N–H and O–H groups in total. The number of piperidine rings is 1. The van der Waals surface area contributed by atoms with Crippen molar-refractivity contribution >= 4 is 50.2 Å². The molecule has 0 spiro atoms. The molecule has 1 aromatic heterocycles. The number of primary amides is 1. The van der Waals surface area contributed by atoms with Gasteiger partial charge in [-0.3, -0.25) is 4.57 Å². The molecule has 6 nitrogen and oxygen atoms in total. The van der Waals surface area contributed by atoms with E-state index < -0.39 is 16.1 Å².